The van der Waals surface area contributed by atoms with E-state index in [2.05, 4.69) is 53.3 Å². The van der Waals surface area contributed by atoms with Crippen molar-refractivity contribution in [3.8, 4) is 11.4 Å². The number of anilines is 1. The molecule has 2 heterocycles. The predicted molar refractivity (Wildman–Crippen MR) is 121 cm³/mol. The number of rotatable bonds is 4. The summed E-state index contributed by atoms with van der Waals surface area (Å²) in [7, 11) is 0. The van der Waals surface area contributed by atoms with Gasteiger partial charge in [0, 0.05) is 22.3 Å². The van der Waals surface area contributed by atoms with Crippen molar-refractivity contribution in [1.29, 1.82) is 0 Å². The number of fused-ring (bicyclic) bond motifs is 1. The van der Waals surface area contributed by atoms with Gasteiger partial charge in [-0.2, -0.15) is 9.50 Å². The molecule has 6 nitrogen and oxygen atoms in total. The Balaban J connectivity index is 1.61. The Labute approximate surface area is 179 Å². The molecule has 0 amide bonds. The quantitative estimate of drug-likeness (QED) is 0.488. The van der Waals surface area contributed by atoms with Gasteiger partial charge in [0.25, 0.3) is 11.3 Å². The van der Waals surface area contributed by atoms with Gasteiger partial charge in [0.2, 0.25) is 0 Å². The van der Waals surface area contributed by atoms with Crippen LogP contribution in [0.2, 0.25) is 5.02 Å². The van der Waals surface area contributed by atoms with Gasteiger partial charge in [0.05, 0.1) is 12.2 Å². The van der Waals surface area contributed by atoms with Gasteiger partial charge in [-0.3, -0.25) is 9.89 Å². The van der Waals surface area contributed by atoms with E-state index in [9.17, 15) is 4.79 Å². The molecule has 0 radical (unpaired) electrons. The molecule has 4 rings (SSSR count). The average molecular weight is 422 g/mol. The zero-order valence-corrected chi connectivity index (χ0v) is 18.2. The van der Waals surface area contributed by atoms with Crippen LogP contribution in [0.4, 0.5) is 5.69 Å². The normalized spacial score (nSPS) is 11.8. The molecule has 2 N–H and O–H groups in total. The summed E-state index contributed by atoms with van der Waals surface area (Å²) < 4.78 is 1.36. The summed E-state index contributed by atoms with van der Waals surface area (Å²) in [5.41, 5.74) is 4.49. The molecule has 154 valence electrons. The summed E-state index contributed by atoms with van der Waals surface area (Å²) in [5.74, 6) is 0.952. The van der Waals surface area contributed by atoms with Gasteiger partial charge in [-0.15, -0.1) is 0 Å². The van der Waals surface area contributed by atoms with E-state index < -0.39 is 0 Å². The van der Waals surface area contributed by atoms with Gasteiger partial charge in [-0.05, 0) is 35.6 Å². The number of hydrogen-bond acceptors (Lipinski definition) is 4. The highest BCUT2D eigenvalue weighted by atomic mass is 35.5. The van der Waals surface area contributed by atoms with E-state index in [1.807, 2.05) is 37.3 Å². The minimum atomic E-state index is -0.204. The van der Waals surface area contributed by atoms with Crippen LogP contribution in [0.1, 0.15) is 37.6 Å². The summed E-state index contributed by atoms with van der Waals surface area (Å²) in [6, 6.07) is 15.4. The van der Waals surface area contributed by atoms with E-state index >= 15 is 0 Å². The van der Waals surface area contributed by atoms with E-state index in [0.29, 0.717) is 28.9 Å². The summed E-state index contributed by atoms with van der Waals surface area (Å²) in [5, 5.41) is 7.03. The standard InChI is InChI=1S/C23H24ClN5O/c1-14-18(24)6-5-7-19(14)25-13-17-12-20(30)29-22(26-17)27-21(28-29)15-8-10-16(11-9-15)23(2,3)4/h5-12,25H,13H2,1-4H3,(H,26,27,28). The summed E-state index contributed by atoms with van der Waals surface area (Å²) in [4.78, 5) is 21.6. The molecule has 30 heavy (non-hydrogen) atoms. The van der Waals surface area contributed by atoms with Crippen LogP contribution < -0.4 is 10.9 Å². The third kappa shape index (κ3) is 3.96. The lowest BCUT2D eigenvalue weighted by Gasteiger charge is -2.18. The van der Waals surface area contributed by atoms with E-state index in [4.69, 9.17) is 11.6 Å². The SMILES string of the molecule is Cc1c(Cl)cccc1NCc1cc(=O)n2[nH]c(-c3ccc(C(C)(C)C)cc3)nc2n1. The Morgan fingerprint density at radius 1 is 1.10 bits per heavy atom. The third-order valence-corrected chi connectivity index (χ3v) is 5.55. The molecule has 0 fully saturated rings. The Kier molecular flexibility index (Phi) is 5.12. The Bertz CT molecular complexity index is 1270. The molecule has 0 bridgehead atoms. The lowest BCUT2D eigenvalue weighted by atomic mass is 9.87. The lowest BCUT2D eigenvalue weighted by Crippen LogP contribution is -2.17. The molecular weight excluding hydrogens is 398 g/mol. The first-order valence-electron chi connectivity index (χ1n) is 9.81. The van der Waals surface area contributed by atoms with Gasteiger partial charge in [-0.1, -0.05) is 62.7 Å². The maximum atomic E-state index is 12.6. The van der Waals surface area contributed by atoms with Crippen molar-refractivity contribution < 1.29 is 0 Å². The largest absolute Gasteiger partial charge is 0.379 e. The predicted octanol–water partition coefficient (Wildman–Crippen LogP) is 4.96. The topological polar surface area (TPSA) is 75.1 Å². The summed E-state index contributed by atoms with van der Waals surface area (Å²) in [6.45, 7) is 8.86. The van der Waals surface area contributed by atoms with E-state index in [0.717, 1.165) is 16.8 Å². The molecule has 2 aromatic carbocycles. The minimum Gasteiger partial charge on any atom is -0.379 e. The number of halogens is 1. The first kappa shape index (κ1) is 20.2. The van der Waals surface area contributed by atoms with E-state index in [1.165, 1.54) is 16.1 Å². The van der Waals surface area contributed by atoms with Crippen molar-refractivity contribution in [2.75, 3.05) is 5.32 Å². The second kappa shape index (κ2) is 7.61. The molecule has 0 saturated heterocycles. The molecule has 2 aromatic heterocycles. The van der Waals surface area contributed by atoms with Crippen LogP contribution in [0, 0.1) is 6.92 Å². The maximum Gasteiger partial charge on any atom is 0.274 e. The highest BCUT2D eigenvalue weighted by molar-refractivity contribution is 6.31. The fraction of sp³-hybridized carbons (Fsp3) is 0.261. The minimum absolute atomic E-state index is 0.0775. The van der Waals surface area contributed by atoms with Crippen LogP contribution in [0.15, 0.2) is 53.3 Å². The summed E-state index contributed by atoms with van der Waals surface area (Å²) >= 11 is 6.17. The van der Waals surface area contributed by atoms with Crippen LogP contribution in [0.3, 0.4) is 0 Å². The molecule has 7 heteroatoms. The van der Waals surface area contributed by atoms with Crippen molar-refractivity contribution in [2.45, 2.75) is 39.7 Å². The van der Waals surface area contributed by atoms with Crippen molar-refractivity contribution in [3.05, 3.63) is 80.7 Å². The zero-order valence-electron chi connectivity index (χ0n) is 17.5. The van der Waals surface area contributed by atoms with Crippen molar-refractivity contribution in [2.24, 2.45) is 0 Å². The summed E-state index contributed by atoms with van der Waals surface area (Å²) in [6.07, 6.45) is 0. The fourth-order valence-electron chi connectivity index (χ4n) is 3.26. The molecular formula is C23H24ClN5O. The van der Waals surface area contributed by atoms with Crippen LogP contribution >= 0.6 is 11.6 Å². The second-order valence-corrected chi connectivity index (χ2v) is 8.79. The Morgan fingerprint density at radius 2 is 1.83 bits per heavy atom. The Morgan fingerprint density at radius 3 is 2.53 bits per heavy atom. The lowest BCUT2D eigenvalue weighted by molar-refractivity contribution is 0.590. The van der Waals surface area contributed by atoms with Gasteiger partial charge in [-0.25, -0.2) is 4.98 Å². The van der Waals surface area contributed by atoms with Gasteiger partial charge in [0.15, 0.2) is 5.82 Å². The third-order valence-electron chi connectivity index (χ3n) is 5.14. The number of benzene rings is 2. The molecule has 0 atom stereocenters. The number of nitrogens with one attached hydrogen (secondary N) is 2. The average Bonchev–Trinajstić information content (AvgIpc) is 3.13. The first-order valence-corrected chi connectivity index (χ1v) is 10.2. The molecule has 0 saturated carbocycles. The van der Waals surface area contributed by atoms with Gasteiger partial charge >= 0.3 is 0 Å². The number of aromatic nitrogens is 4. The maximum absolute atomic E-state index is 12.6. The molecule has 0 aliphatic rings. The van der Waals surface area contributed by atoms with Gasteiger partial charge < -0.3 is 5.32 Å². The molecule has 0 unspecified atom stereocenters. The van der Waals surface area contributed by atoms with E-state index in [1.54, 1.807) is 0 Å². The number of nitrogens with zero attached hydrogens (tertiary/aromatic N) is 3. The molecule has 0 aliphatic carbocycles. The highest BCUT2D eigenvalue weighted by Crippen LogP contribution is 2.25. The number of aromatic amines is 1. The van der Waals surface area contributed by atoms with Crippen molar-refractivity contribution >= 4 is 23.1 Å². The monoisotopic (exact) mass is 421 g/mol. The highest BCUT2D eigenvalue weighted by Gasteiger charge is 2.15. The number of hydrogen-bond donors (Lipinski definition) is 2. The van der Waals surface area contributed by atoms with E-state index in [-0.39, 0.29) is 11.0 Å². The van der Waals surface area contributed by atoms with Crippen LogP contribution in [0.25, 0.3) is 17.2 Å². The zero-order chi connectivity index (χ0) is 21.5. The molecule has 0 spiro atoms. The molecule has 0 aliphatic heterocycles. The number of H-pyrrole nitrogens is 1. The van der Waals surface area contributed by atoms with Crippen molar-refractivity contribution in [3.63, 3.8) is 0 Å². The van der Waals surface area contributed by atoms with Gasteiger partial charge in [0.1, 0.15) is 0 Å². The molecule has 4 aromatic rings. The Hall–Kier alpha value is -3.12. The van der Waals surface area contributed by atoms with Crippen LogP contribution in [-0.4, -0.2) is 19.6 Å². The van der Waals surface area contributed by atoms with Crippen LogP contribution in [0.5, 0.6) is 0 Å². The first-order chi connectivity index (χ1) is 14.2. The van der Waals surface area contributed by atoms with Crippen molar-refractivity contribution in [1.82, 2.24) is 19.6 Å². The smallest absolute Gasteiger partial charge is 0.274 e. The second-order valence-electron chi connectivity index (χ2n) is 8.39. The van der Waals surface area contributed by atoms with Crippen LogP contribution in [-0.2, 0) is 12.0 Å². The fourth-order valence-corrected chi connectivity index (χ4v) is 3.43.